The number of anilines is 5. The molecule has 3 N–H and O–H groups in total. The second-order valence-electron chi connectivity index (χ2n) is 8.83. The molecule has 37 heavy (non-hydrogen) atoms. The third-order valence-corrected chi connectivity index (χ3v) is 6.17. The maximum atomic E-state index is 12.8. The minimum Gasteiger partial charge on any atom is -0.497 e. The number of aryl methyl sites for hydroxylation is 2. The van der Waals surface area contributed by atoms with Gasteiger partial charge in [-0.2, -0.15) is 0 Å². The van der Waals surface area contributed by atoms with Crippen LogP contribution in [0.4, 0.5) is 28.4 Å². The Balaban J connectivity index is 1.25. The van der Waals surface area contributed by atoms with Crippen LogP contribution >= 0.6 is 0 Å². The van der Waals surface area contributed by atoms with E-state index in [1.165, 1.54) is 0 Å². The van der Waals surface area contributed by atoms with Crippen molar-refractivity contribution < 1.29 is 18.7 Å². The van der Waals surface area contributed by atoms with Gasteiger partial charge in [0, 0.05) is 46.9 Å². The lowest BCUT2D eigenvalue weighted by Crippen LogP contribution is -2.28. The lowest BCUT2D eigenvalue weighted by molar-refractivity contribution is -0.671. The fraction of sp³-hybridized carbons (Fsp3) is 0.100. The fourth-order valence-electron chi connectivity index (χ4n) is 4.08. The zero-order valence-electron chi connectivity index (χ0n) is 21.0. The number of carbonyl (C=O) groups is 1. The highest BCUT2D eigenvalue weighted by Crippen LogP contribution is 2.28. The summed E-state index contributed by atoms with van der Waals surface area (Å²) in [7, 11) is 5.66. The van der Waals surface area contributed by atoms with Gasteiger partial charge in [-0.15, -0.1) is 0 Å². The van der Waals surface area contributed by atoms with Crippen LogP contribution in [0.2, 0.25) is 0 Å². The van der Waals surface area contributed by atoms with Gasteiger partial charge in [-0.3, -0.25) is 4.79 Å². The number of nitrogens with one attached hydrogen (secondary N) is 3. The van der Waals surface area contributed by atoms with Crippen LogP contribution in [-0.4, -0.2) is 13.0 Å². The number of benzene rings is 3. The molecule has 0 unspecified atom stereocenters. The van der Waals surface area contributed by atoms with E-state index in [1.807, 2.05) is 122 Å². The van der Waals surface area contributed by atoms with Gasteiger partial charge in [-0.05, 0) is 60.7 Å². The van der Waals surface area contributed by atoms with Gasteiger partial charge in [0.25, 0.3) is 5.91 Å². The number of methoxy groups -OCH3 is 1. The molecule has 5 aromatic rings. The molecule has 0 spiro atoms. The number of pyridine rings is 2. The summed E-state index contributed by atoms with van der Waals surface area (Å²) in [6, 6.07) is 27.1. The van der Waals surface area contributed by atoms with Crippen molar-refractivity contribution in [1.82, 2.24) is 0 Å². The maximum Gasteiger partial charge on any atom is 0.255 e. The molecule has 0 fully saturated rings. The summed E-state index contributed by atoms with van der Waals surface area (Å²) in [5, 5.41) is 10.8. The monoisotopic (exact) mass is 491 g/mol. The van der Waals surface area contributed by atoms with Crippen molar-refractivity contribution in [1.29, 1.82) is 0 Å². The minimum atomic E-state index is -0.162. The number of fused-ring (bicyclic) bond motifs is 1. The number of aromatic nitrogens is 2. The van der Waals surface area contributed by atoms with Crippen molar-refractivity contribution in [3.05, 3.63) is 109 Å². The van der Waals surface area contributed by atoms with Gasteiger partial charge in [0.15, 0.2) is 18.6 Å². The first-order valence-electron chi connectivity index (χ1n) is 12.0. The summed E-state index contributed by atoms with van der Waals surface area (Å²) in [5.41, 5.74) is 6.19. The molecular formula is C30H29N5O2+2. The smallest absolute Gasteiger partial charge is 0.255 e. The summed E-state index contributed by atoms with van der Waals surface area (Å²) in [6.07, 6.45) is 5.98. The topological polar surface area (TPSA) is 70.1 Å². The highest BCUT2D eigenvalue weighted by molar-refractivity contribution is 6.04. The second-order valence-corrected chi connectivity index (χ2v) is 8.83. The predicted molar refractivity (Wildman–Crippen MR) is 147 cm³/mol. The van der Waals surface area contributed by atoms with E-state index >= 15 is 0 Å². The van der Waals surface area contributed by atoms with Crippen LogP contribution in [0.1, 0.15) is 10.4 Å². The quantitative estimate of drug-likeness (QED) is 0.273. The van der Waals surface area contributed by atoms with E-state index in [0.29, 0.717) is 5.56 Å². The van der Waals surface area contributed by atoms with Crippen LogP contribution in [-0.2, 0) is 14.1 Å². The third kappa shape index (κ3) is 5.51. The molecule has 0 radical (unpaired) electrons. The van der Waals surface area contributed by atoms with Crippen molar-refractivity contribution in [3.8, 4) is 5.75 Å². The highest BCUT2D eigenvalue weighted by Gasteiger charge is 2.12. The Morgan fingerprint density at radius 1 is 0.703 bits per heavy atom. The summed E-state index contributed by atoms with van der Waals surface area (Å²) < 4.78 is 9.46. The Hall–Kier alpha value is -4.91. The lowest BCUT2D eigenvalue weighted by atomic mass is 10.1. The molecule has 0 bridgehead atoms. The molecule has 2 aromatic heterocycles. The van der Waals surface area contributed by atoms with Crippen molar-refractivity contribution in [2.24, 2.45) is 14.1 Å². The molecule has 5 rings (SSSR count). The normalized spacial score (nSPS) is 10.7. The van der Waals surface area contributed by atoms with Crippen LogP contribution in [0.5, 0.6) is 5.75 Å². The number of amides is 1. The number of carbonyl (C=O) groups excluding carboxylic acids is 1. The Kier molecular flexibility index (Phi) is 6.68. The third-order valence-electron chi connectivity index (χ3n) is 6.17. The van der Waals surface area contributed by atoms with E-state index in [1.54, 1.807) is 7.11 Å². The summed E-state index contributed by atoms with van der Waals surface area (Å²) >= 11 is 0. The Morgan fingerprint density at radius 3 is 2.03 bits per heavy atom. The van der Waals surface area contributed by atoms with E-state index < -0.39 is 0 Å². The molecule has 1 amide bonds. The molecule has 0 saturated carbocycles. The van der Waals surface area contributed by atoms with Crippen molar-refractivity contribution >= 4 is 45.2 Å². The predicted octanol–water partition coefficient (Wildman–Crippen LogP) is 5.24. The van der Waals surface area contributed by atoms with Gasteiger partial charge in [0.2, 0.25) is 5.52 Å². The summed E-state index contributed by atoms with van der Waals surface area (Å²) in [5.74, 6) is 0.636. The average molecular weight is 492 g/mol. The zero-order valence-corrected chi connectivity index (χ0v) is 21.0. The Labute approximate surface area is 216 Å². The van der Waals surface area contributed by atoms with E-state index in [-0.39, 0.29) is 5.91 Å². The number of rotatable bonds is 7. The molecule has 0 saturated heterocycles. The molecule has 0 atom stereocenters. The Bertz CT molecular complexity index is 1550. The lowest BCUT2D eigenvalue weighted by Gasteiger charge is -2.11. The number of nitrogens with zero attached hydrogens (tertiary/aromatic N) is 2. The van der Waals surface area contributed by atoms with Crippen LogP contribution in [0, 0.1) is 0 Å². The first kappa shape index (κ1) is 23.8. The molecule has 7 nitrogen and oxygen atoms in total. The number of hydrogen-bond acceptors (Lipinski definition) is 4. The molecule has 0 aliphatic heterocycles. The van der Waals surface area contributed by atoms with Crippen molar-refractivity contribution in [2.75, 3.05) is 23.1 Å². The fourth-order valence-corrected chi connectivity index (χ4v) is 4.08. The zero-order chi connectivity index (χ0) is 25.8. The van der Waals surface area contributed by atoms with Gasteiger partial charge in [-0.1, -0.05) is 0 Å². The van der Waals surface area contributed by atoms with E-state index in [4.69, 9.17) is 4.74 Å². The first-order valence-corrected chi connectivity index (χ1v) is 12.0. The molecule has 2 heterocycles. The highest BCUT2D eigenvalue weighted by atomic mass is 16.5. The summed E-state index contributed by atoms with van der Waals surface area (Å²) in [4.78, 5) is 12.8. The van der Waals surface area contributed by atoms with Crippen LogP contribution < -0.4 is 29.8 Å². The van der Waals surface area contributed by atoms with Crippen molar-refractivity contribution in [3.63, 3.8) is 0 Å². The standard InChI is InChI=1S/C30H27N5O2/c1-34-17-14-25(15-18-34)31-22-8-10-24(11-9-22)33-30(36)21-4-6-23(7-5-21)32-28-16-19-35(2)29-13-12-26(37-3)20-27(28)29/h4-20H,1-3H3,(H,33,36)/p+2. The van der Waals surface area contributed by atoms with Gasteiger partial charge >= 0.3 is 0 Å². The SMILES string of the molecule is COc1ccc2c(c1)c(Nc1ccc(C(=O)Nc3ccc(Nc4cc[n+](C)cc4)cc3)cc1)cc[n+]2C. The number of ether oxygens (including phenoxy) is 1. The Morgan fingerprint density at radius 2 is 1.32 bits per heavy atom. The van der Waals surface area contributed by atoms with Gasteiger partial charge in [0.05, 0.1) is 23.9 Å². The molecular weight excluding hydrogens is 462 g/mol. The van der Waals surface area contributed by atoms with E-state index in [0.717, 1.165) is 45.1 Å². The molecule has 0 aliphatic carbocycles. The minimum absolute atomic E-state index is 0.162. The molecule has 7 heteroatoms. The van der Waals surface area contributed by atoms with Gasteiger partial charge in [0.1, 0.15) is 19.8 Å². The largest absolute Gasteiger partial charge is 0.497 e. The second kappa shape index (κ2) is 10.4. The molecule has 184 valence electrons. The van der Waals surface area contributed by atoms with E-state index in [2.05, 4.69) is 20.5 Å². The number of hydrogen-bond donors (Lipinski definition) is 3. The van der Waals surface area contributed by atoms with Crippen molar-refractivity contribution in [2.45, 2.75) is 0 Å². The van der Waals surface area contributed by atoms with Crippen LogP contribution in [0.3, 0.4) is 0 Å². The maximum absolute atomic E-state index is 12.8. The molecule has 3 aromatic carbocycles. The summed E-state index contributed by atoms with van der Waals surface area (Å²) in [6.45, 7) is 0. The van der Waals surface area contributed by atoms with Gasteiger partial charge < -0.3 is 20.7 Å². The van der Waals surface area contributed by atoms with Crippen LogP contribution in [0.25, 0.3) is 10.9 Å². The van der Waals surface area contributed by atoms with Gasteiger partial charge in [-0.25, -0.2) is 9.13 Å². The average Bonchev–Trinajstić information content (AvgIpc) is 2.93. The van der Waals surface area contributed by atoms with E-state index in [9.17, 15) is 4.79 Å². The van der Waals surface area contributed by atoms with Crippen LogP contribution in [0.15, 0.2) is 104 Å². The first-order chi connectivity index (χ1) is 18.0. The molecule has 0 aliphatic rings.